The Kier molecular flexibility index (Phi) is 6.16. The van der Waals surface area contributed by atoms with Crippen LogP contribution in [-0.4, -0.2) is 77.9 Å². The van der Waals surface area contributed by atoms with Crippen LogP contribution in [0.25, 0.3) is 0 Å². The number of anilines is 1. The first-order valence-electron chi connectivity index (χ1n) is 8.85. The van der Waals surface area contributed by atoms with Gasteiger partial charge >= 0.3 is 0 Å². The number of imide groups is 1. The zero-order chi connectivity index (χ0) is 18.5. The monoisotopic (exact) mass is 376 g/mol. The lowest BCUT2D eigenvalue weighted by Crippen LogP contribution is -2.54. The van der Waals surface area contributed by atoms with Crippen LogP contribution in [0.1, 0.15) is 6.92 Å². The highest BCUT2D eigenvalue weighted by molar-refractivity contribution is 8.14. The van der Waals surface area contributed by atoms with Crippen LogP contribution in [0, 0.1) is 0 Å². The van der Waals surface area contributed by atoms with Crippen molar-refractivity contribution in [2.45, 2.75) is 13.0 Å². The van der Waals surface area contributed by atoms with Crippen molar-refractivity contribution in [2.75, 3.05) is 49.9 Å². The summed E-state index contributed by atoms with van der Waals surface area (Å²) in [5.41, 5.74) is 1.21. The van der Waals surface area contributed by atoms with E-state index in [0.717, 1.165) is 37.9 Å². The summed E-state index contributed by atoms with van der Waals surface area (Å²) >= 11 is 1.01. The Labute approximate surface area is 157 Å². The number of carbonyl (C=O) groups excluding carboxylic acids is 3. The lowest BCUT2D eigenvalue weighted by atomic mass is 10.2. The first-order valence-corrected chi connectivity index (χ1v) is 9.83. The number of benzene rings is 1. The smallest absolute Gasteiger partial charge is 0.288 e. The second kappa shape index (κ2) is 8.55. The topological polar surface area (TPSA) is 73.0 Å². The van der Waals surface area contributed by atoms with E-state index in [1.807, 2.05) is 25.1 Å². The Morgan fingerprint density at radius 1 is 1.15 bits per heavy atom. The fourth-order valence-corrected chi connectivity index (χ4v) is 3.96. The quantitative estimate of drug-likeness (QED) is 0.799. The van der Waals surface area contributed by atoms with Gasteiger partial charge in [0.15, 0.2) is 0 Å². The van der Waals surface area contributed by atoms with Crippen LogP contribution >= 0.6 is 11.8 Å². The van der Waals surface area contributed by atoms with Crippen molar-refractivity contribution >= 4 is 34.5 Å². The van der Waals surface area contributed by atoms with Crippen molar-refractivity contribution in [1.82, 2.24) is 15.1 Å². The number of hydrogen-bond acceptors (Lipinski definition) is 6. The molecule has 2 aliphatic heterocycles. The Morgan fingerprint density at radius 2 is 1.85 bits per heavy atom. The van der Waals surface area contributed by atoms with Crippen LogP contribution in [0.3, 0.4) is 0 Å². The van der Waals surface area contributed by atoms with Crippen LogP contribution in [0.5, 0.6) is 0 Å². The highest BCUT2D eigenvalue weighted by Gasteiger charge is 2.30. The number of thioether (sulfide) groups is 1. The van der Waals surface area contributed by atoms with E-state index in [4.69, 9.17) is 0 Å². The predicted molar refractivity (Wildman–Crippen MR) is 102 cm³/mol. The van der Waals surface area contributed by atoms with Crippen molar-refractivity contribution < 1.29 is 14.4 Å². The summed E-state index contributed by atoms with van der Waals surface area (Å²) < 4.78 is 0. The minimum absolute atomic E-state index is 0.0649. The Morgan fingerprint density at radius 3 is 2.46 bits per heavy atom. The number of hydrogen-bond donors (Lipinski definition) is 1. The highest BCUT2D eigenvalue weighted by Crippen LogP contribution is 2.18. The number of piperazine rings is 1. The summed E-state index contributed by atoms with van der Waals surface area (Å²) in [5.74, 6) is -0.0428. The van der Waals surface area contributed by atoms with Crippen LogP contribution in [0.2, 0.25) is 0 Å². The third-order valence-electron chi connectivity index (χ3n) is 4.84. The van der Waals surface area contributed by atoms with E-state index in [0.29, 0.717) is 6.54 Å². The molecule has 1 N–H and O–H groups in total. The van der Waals surface area contributed by atoms with Gasteiger partial charge in [-0.2, -0.15) is 0 Å². The van der Waals surface area contributed by atoms with Crippen molar-refractivity contribution in [1.29, 1.82) is 0 Å². The van der Waals surface area contributed by atoms with Gasteiger partial charge in [0.25, 0.3) is 5.24 Å². The molecule has 2 fully saturated rings. The van der Waals surface area contributed by atoms with Crippen molar-refractivity contribution in [2.24, 2.45) is 0 Å². The molecule has 0 radical (unpaired) electrons. The summed E-state index contributed by atoms with van der Waals surface area (Å²) in [6, 6.07) is 10.1. The minimum atomic E-state index is -0.229. The maximum Gasteiger partial charge on any atom is 0.288 e. The third kappa shape index (κ3) is 4.37. The van der Waals surface area contributed by atoms with Crippen LogP contribution in [0.4, 0.5) is 10.5 Å². The molecule has 0 unspecified atom stereocenters. The van der Waals surface area contributed by atoms with Gasteiger partial charge in [-0.3, -0.25) is 24.2 Å². The molecular formula is C18H24N4O3S. The zero-order valence-corrected chi connectivity index (χ0v) is 15.7. The molecule has 140 valence electrons. The molecule has 2 saturated heterocycles. The number of nitrogens with zero attached hydrogens (tertiary/aromatic N) is 3. The van der Waals surface area contributed by atoms with Crippen LogP contribution in [0.15, 0.2) is 30.3 Å². The number of carbonyl (C=O) groups is 3. The number of para-hydroxylation sites is 1. The third-order valence-corrected chi connectivity index (χ3v) is 5.70. The Bertz CT molecular complexity index is 646. The molecule has 8 heteroatoms. The molecular weight excluding hydrogens is 352 g/mol. The molecule has 7 nitrogen and oxygen atoms in total. The van der Waals surface area contributed by atoms with E-state index in [-0.39, 0.29) is 35.4 Å². The summed E-state index contributed by atoms with van der Waals surface area (Å²) in [6.07, 6.45) is 0. The summed E-state index contributed by atoms with van der Waals surface area (Å²) in [7, 11) is 0. The van der Waals surface area contributed by atoms with Crippen molar-refractivity contribution in [3.05, 3.63) is 30.3 Å². The van der Waals surface area contributed by atoms with Crippen molar-refractivity contribution in [3.8, 4) is 0 Å². The fourth-order valence-electron chi connectivity index (χ4n) is 3.21. The number of rotatable bonds is 6. The molecule has 0 saturated carbocycles. The van der Waals surface area contributed by atoms with Crippen molar-refractivity contribution in [3.63, 3.8) is 0 Å². The second-order valence-corrected chi connectivity index (χ2v) is 7.35. The minimum Gasteiger partial charge on any atom is -0.369 e. The molecule has 0 spiro atoms. The summed E-state index contributed by atoms with van der Waals surface area (Å²) in [5, 5.41) is 2.61. The van der Waals surface area contributed by atoms with Gasteiger partial charge in [0.05, 0.1) is 11.8 Å². The molecule has 1 aromatic carbocycles. The van der Waals surface area contributed by atoms with E-state index in [2.05, 4.69) is 27.2 Å². The SMILES string of the molecule is C[C@H](C(=O)NCCN1C(=O)CSC1=O)N1CCN(c2ccccc2)CC1. The highest BCUT2D eigenvalue weighted by atomic mass is 32.2. The number of amides is 3. The van der Waals surface area contributed by atoms with E-state index in [1.165, 1.54) is 10.6 Å². The fraction of sp³-hybridized carbons (Fsp3) is 0.500. The van der Waals surface area contributed by atoms with Gasteiger partial charge in [0, 0.05) is 45.0 Å². The maximum atomic E-state index is 12.4. The van der Waals surface area contributed by atoms with Gasteiger partial charge in [-0.15, -0.1) is 0 Å². The Balaban J connectivity index is 1.41. The first-order chi connectivity index (χ1) is 12.6. The van der Waals surface area contributed by atoms with E-state index >= 15 is 0 Å². The van der Waals surface area contributed by atoms with Gasteiger partial charge in [-0.1, -0.05) is 30.0 Å². The van der Waals surface area contributed by atoms with E-state index < -0.39 is 0 Å². The van der Waals surface area contributed by atoms with Gasteiger partial charge in [-0.25, -0.2) is 0 Å². The predicted octanol–water partition coefficient (Wildman–Crippen LogP) is 1.01. The lowest BCUT2D eigenvalue weighted by molar-refractivity contribution is -0.127. The average molecular weight is 376 g/mol. The Hall–Kier alpha value is -2.06. The normalized spacial score (nSPS) is 19.7. The maximum absolute atomic E-state index is 12.4. The van der Waals surface area contributed by atoms with E-state index in [1.54, 1.807) is 0 Å². The molecule has 0 aliphatic carbocycles. The second-order valence-electron chi connectivity index (χ2n) is 6.43. The largest absolute Gasteiger partial charge is 0.369 e. The lowest BCUT2D eigenvalue weighted by Gasteiger charge is -2.38. The van der Waals surface area contributed by atoms with Gasteiger partial charge in [0.2, 0.25) is 11.8 Å². The molecule has 0 aromatic heterocycles. The molecule has 3 rings (SSSR count). The summed E-state index contributed by atoms with van der Waals surface area (Å²) in [4.78, 5) is 41.1. The van der Waals surface area contributed by atoms with Gasteiger partial charge in [0.1, 0.15) is 0 Å². The van der Waals surface area contributed by atoms with E-state index in [9.17, 15) is 14.4 Å². The van der Waals surface area contributed by atoms with Gasteiger partial charge in [-0.05, 0) is 19.1 Å². The molecule has 1 aromatic rings. The molecule has 2 aliphatic rings. The molecule has 1 atom stereocenters. The molecule has 26 heavy (non-hydrogen) atoms. The standard InChI is InChI=1S/C18H24N4O3S/c1-14(17(24)19-7-8-22-16(23)13-26-18(22)25)20-9-11-21(12-10-20)15-5-3-2-4-6-15/h2-6,14H,7-13H2,1H3,(H,19,24)/t14-/m1/s1. The van der Waals surface area contributed by atoms with Crippen LogP contribution < -0.4 is 10.2 Å². The summed E-state index contributed by atoms with van der Waals surface area (Å²) in [6.45, 7) is 5.85. The average Bonchev–Trinajstić information content (AvgIpc) is 3.00. The molecule has 2 heterocycles. The number of nitrogens with one attached hydrogen (secondary N) is 1. The zero-order valence-electron chi connectivity index (χ0n) is 14.9. The molecule has 0 bridgehead atoms. The molecule has 3 amide bonds. The van der Waals surface area contributed by atoms with Crippen LogP contribution in [-0.2, 0) is 9.59 Å². The van der Waals surface area contributed by atoms with Gasteiger partial charge < -0.3 is 10.2 Å². The first kappa shape index (κ1) is 18.7.